The number of nitrogens with zero attached hydrogens (tertiary/aromatic N) is 5. The predicted octanol–water partition coefficient (Wildman–Crippen LogP) is 6.03. The molecular formula is C25H31N5OS. The van der Waals surface area contributed by atoms with Crippen molar-refractivity contribution < 1.29 is 4.74 Å². The lowest BCUT2D eigenvalue weighted by molar-refractivity contribution is 0.415. The largest absolute Gasteiger partial charge is 0.497 e. The second-order valence-corrected chi connectivity index (χ2v) is 10.3. The van der Waals surface area contributed by atoms with E-state index in [9.17, 15) is 0 Å². The third kappa shape index (κ3) is 6.53. The van der Waals surface area contributed by atoms with Gasteiger partial charge in [-0.05, 0) is 95.3 Å². The third-order valence-electron chi connectivity index (χ3n) is 4.14. The fourth-order valence-corrected chi connectivity index (χ4v) is 3.96. The molecule has 1 fully saturated rings. The fourth-order valence-electron chi connectivity index (χ4n) is 2.87. The minimum Gasteiger partial charge on any atom is -0.497 e. The highest BCUT2D eigenvalue weighted by Crippen LogP contribution is 2.32. The van der Waals surface area contributed by atoms with E-state index in [0.29, 0.717) is 5.17 Å². The molecule has 0 unspecified atom stereocenters. The van der Waals surface area contributed by atoms with Crippen LogP contribution in [0.3, 0.4) is 0 Å². The Labute approximate surface area is 195 Å². The number of benzene rings is 2. The third-order valence-corrected chi connectivity index (χ3v) is 5.05. The van der Waals surface area contributed by atoms with Crippen molar-refractivity contribution in [2.45, 2.75) is 52.6 Å². The van der Waals surface area contributed by atoms with Crippen molar-refractivity contribution in [1.82, 2.24) is 0 Å². The first-order chi connectivity index (χ1) is 15.1. The van der Waals surface area contributed by atoms with Crippen molar-refractivity contribution in [1.29, 1.82) is 0 Å². The Balaban J connectivity index is 2.06. The van der Waals surface area contributed by atoms with E-state index in [1.165, 1.54) is 11.8 Å². The summed E-state index contributed by atoms with van der Waals surface area (Å²) in [7, 11) is 1.65. The van der Waals surface area contributed by atoms with E-state index in [1.54, 1.807) is 13.3 Å². The van der Waals surface area contributed by atoms with Crippen LogP contribution in [0.4, 0.5) is 5.69 Å². The Bertz CT molecular complexity index is 1040. The first kappa shape index (κ1) is 23.7. The smallest absolute Gasteiger partial charge is 0.202 e. The van der Waals surface area contributed by atoms with Gasteiger partial charge in [0, 0.05) is 5.69 Å². The lowest BCUT2D eigenvalue weighted by Gasteiger charge is -2.22. The molecule has 0 spiro atoms. The van der Waals surface area contributed by atoms with Crippen LogP contribution >= 0.6 is 11.8 Å². The van der Waals surface area contributed by atoms with Gasteiger partial charge < -0.3 is 4.74 Å². The molecule has 0 atom stereocenters. The van der Waals surface area contributed by atoms with E-state index < -0.39 is 0 Å². The van der Waals surface area contributed by atoms with Crippen LogP contribution in [0.1, 0.15) is 47.1 Å². The molecule has 0 saturated carbocycles. The van der Waals surface area contributed by atoms with Crippen molar-refractivity contribution in [3.05, 3.63) is 60.2 Å². The number of hydrogen-bond donors (Lipinski definition) is 0. The number of hydrogen-bond acceptors (Lipinski definition) is 6. The lowest BCUT2D eigenvalue weighted by atomic mass is 10.1. The summed E-state index contributed by atoms with van der Waals surface area (Å²) in [5.41, 5.74) is 1.39. The van der Waals surface area contributed by atoms with E-state index >= 15 is 0 Å². The van der Waals surface area contributed by atoms with Gasteiger partial charge in [0.05, 0.1) is 24.4 Å². The highest BCUT2D eigenvalue weighted by molar-refractivity contribution is 8.29. The van der Waals surface area contributed by atoms with E-state index in [4.69, 9.17) is 14.7 Å². The molecule has 2 aromatic rings. The van der Waals surface area contributed by atoms with Crippen molar-refractivity contribution in [2.75, 3.05) is 12.0 Å². The molecule has 3 rings (SSSR count). The molecule has 1 saturated heterocycles. The number of thioether (sulfide) groups is 1. The number of methoxy groups -OCH3 is 1. The molecule has 0 aromatic heterocycles. The molecule has 0 aliphatic carbocycles. The van der Waals surface area contributed by atoms with Crippen molar-refractivity contribution >= 4 is 39.7 Å². The van der Waals surface area contributed by atoms with E-state index in [2.05, 4.69) is 51.7 Å². The zero-order valence-corrected chi connectivity index (χ0v) is 20.6. The molecule has 7 heteroatoms. The summed E-state index contributed by atoms with van der Waals surface area (Å²) in [5, 5.41) is 10.5. The number of amidine groups is 2. The zero-order chi connectivity index (χ0) is 23.4. The monoisotopic (exact) mass is 449 g/mol. The normalized spacial score (nSPS) is 19.0. The Hall–Kier alpha value is -2.93. The summed E-state index contributed by atoms with van der Waals surface area (Å²) >= 11 is 1.49. The molecular weight excluding hydrogens is 418 g/mol. The minimum atomic E-state index is -0.274. The summed E-state index contributed by atoms with van der Waals surface area (Å²) in [6, 6.07) is 17.8. The standard InChI is InChI=1S/C25H31N5OS/c1-24(2,3)27-21-22(28-25(4,5)6)32-23(30(21)19-11-9-8-10-12-19)29-26-17-18-13-15-20(31-7)16-14-18/h8-17H,1-7H3/b26-17-,27-21?,28-22?,29-23+. The van der Waals surface area contributed by atoms with Crippen LogP contribution in [0.5, 0.6) is 5.75 Å². The van der Waals surface area contributed by atoms with Crippen LogP contribution in [-0.2, 0) is 0 Å². The Morgan fingerprint density at radius 3 is 2.03 bits per heavy atom. The van der Waals surface area contributed by atoms with E-state index in [1.807, 2.05) is 59.5 Å². The molecule has 32 heavy (non-hydrogen) atoms. The molecule has 0 N–H and O–H groups in total. The summed E-state index contributed by atoms with van der Waals surface area (Å²) in [6.07, 6.45) is 1.73. The van der Waals surface area contributed by atoms with Gasteiger partial charge in [0.1, 0.15) is 10.8 Å². The summed E-state index contributed by atoms with van der Waals surface area (Å²) < 4.78 is 5.21. The highest BCUT2D eigenvalue weighted by atomic mass is 32.2. The first-order valence-electron chi connectivity index (χ1n) is 10.5. The van der Waals surface area contributed by atoms with Gasteiger partial charge in [-0.3, -0.25) is 14.9 Å². The minimum absolute atomic E-state index is 0.245. The Kier molecular flexibility index (Phi) is 7.19. The average molecular weight is 450 g/mol. The quantitative estimate of drug-likeness (QED) is 0.423. The molecule has 0 bridgehead atoms. The van der Waals surface area contributed by atoms with Gasteiger partial charge in [0.2, 0.25) is 5.17 Å². The molecule has 6 nitrogen and oxygen atoms in total. The Morgan fingerprint density at radius 1 is 0.844 bits per heavy atom. The molecule has 1 aliphatic heterocycles. The maximum absolute atomic E-state index is 5.21. The number of rotatable bonds is 4. The predicted molar refractivity (Wildman–Crippen MR) is 139 cm³/mol. The van der Waals surface area contributed by atoms with Crippen LogP contribution in [0.15, 0.2) is 74.8 Å². The maximum Gasteiger partial charge on any atom is 0.202 e. The summed E-state index contributed by atoms with van der Waals surface area (Å²) in [5.74, 6) is 1.60. The molecule has 1 aliphatic rings. The number of aliphatic imine (C=N–C) groups is 2. The van der Waals surface area contributed by atoms with Crippen LogP contribution in [-0.4, -0.2) is 40.4 Å². The zero-order valence-electron chi connectivity index (χ0n) is 19.8. The van der Waals surface area contributed by atoms with Gasteiger partial charge in [-0.1, -0.05) is 18.2 Å². The molecule has 0 radical (unpaired) electrons. The van der Waals surface area contributed by atoms with Gasteiger partial charge in [0.15, 0.2) is 5.84 Å². The molecule has 2 aromatic carbocycles. The second-order valence-electron chi connectivity index (χ2n) is 9.37. The number of anilines is 1. The van der Waals surface area contributed by atoms with Gasteiger partial charge in [0.25, 0.3) is 0 Å². The topological polar surface area (TPSA) is 61.9 Å². The van der Waals surface area contributed by atoms with Crippen LogP contribution in [0.25, 0.3) is 0 Å². The van der Waals surface area contributed by atoms with Gasteiger partial charge >= 0.3 is 0 Å². The number of ether oxygens (including phenoxy) is 1. The Morgan fingerprint density at radius 2 is 1.47 bits per heavy atom. The van der Waals surface area contributed by atoms with Crippen LogP contribution < -0.4 is 9.64 Å². The van der Waals surface area contributed by atoms with Gasteiger partial charge in [-0.25, -0.2) is 0 Å². The SMILES string of the molecule is COc1ccc(/C=N\N=C2\SC(=NC(C)(C)C)C(=NC(C)(C)C)N2c2ccccc2)cc1. The summed E-state index contributed by atoms with van der Waals surface area (Å²) in [4.78, 5) is 12.0. The first-order valence-corrected chi connectivity index (χ1v) is 11.4. The van der Waals surface area contributed by atoms with E-state index in [-0.39, 0.29) is 11.1 Å². The molecule has 0 amide bonds. The van der Waals surface area contributed by atoms with Crippen LogP contribution in [0, 0.1) is 0 Å². The summed E-state index contributed by atoms with van der Waals surface area (Å²) in [6.45, 7) is 12.5. The molecule has 1 heterocycles. The molecule has 168 valence electrons. The highest BCUT2D eigenvalue weighted by Gasteiger charge is 2.36. The fraction of sp³-hybridized carbons (Fsp3) is 0.360. The van der Waals surface area contributed by atoms with Gasteiger partial charge in [-0.2, -0.15) is 5.10 Å². The van der Waals surface area contributed by atoms with Crippen molar-refractivity contribution in [3.63, 3.8) is 0 Å². The van der Waals surface area contributed by atoms with E-state index in [0.717, 1.165) is 27.9 Å². The van der Waals surface area contributed by atoms with Crippen molar-refractivity contribution in [2.24, 2.45) is 20.2 Å². The number of para-hydroxylation sites is 1. The van der Waals surface area contributed by atoms with Gasteiger partial charge in [-0.15, -0.1) is 5.10 Å². The maximum atomic E-state index is 5.21. The average Bonchev–Trinajstić information content (AvgIpc) is 3.02. The van der Waals surface area contributed by atoms with Crippen LogP contribution in [0.2, 0.25) is 0 Å². The second kappa shape index (κ2) is 9.69. The van der Waals surface area contributed by atoms with Crippen molar-refractivity contribution in [3.8, 4) is 5.75 Å². The lowest BCUT2D eigenvalue weighted by Crippen LogP contribution is -2.34.